The number of nitrogens with one attached hydrogen (secondary N) is 1. The summed E-state index contributed by atoms with van der Waals surface area (Å²) in [7, 11) is 1.38. The molecule has 0 bridgehead atoms. The van der Waals surface area contributed by atoms with E-state index in [1.165, 1.54) is 7.05 Å². The topological polar surface area (TPSA) is 99.2 Å². The van der Waals surface area contributed by atoms with Gasteiger partial charge in [-0.15, -0.1) is 0 Å². The van der Waals surface area contributed by atoms with Gasteiger partial charge in [0.25, 0.3) is 11.8 Å². The number of amides is 2. The molecule has 0 saturated carbocycles. The number of carbonyl (C=O) groups is 2. The maximum Gasteiger partial charge on any atom is 0.257 e. The van der Waals surface area contributed by atoms with Crippen LogP contribution in [0.4, 0.5) is 5.69 Å². The third-order valence-electron chi connectivity index (χ3n) is 2.96. The second-order valence-corrected chi connectivity index (χ2v) is 5.27. The maximum absolute atomic E-state index is 12.2. The Bertz CT molecular complexity index is 546. The molecule has 2 amide bonds. The van der Waals surface area contributed by atoms with Crippen LogP contribution in [0.5, 0.6) is 0 Å². The average Bonchev–Trinajstić information content (AvgIpc) is 2.45. The molecule has 0 aliphatic rings. The molecule has 0 saturated heterocycles. The Morgan fingerprint density at radius 3 is 2.38 bits per heavy atom. The quantitative estimate of drug-likeness (QED) is 0.485. The lowest BCUT2D eigenvalue weighted by Gasteiger charge is -2.21. The first-order valence-electron chi connectivity index (χ1n) is 6.68. The van der Waals surface area contributed by atoms with Crippen molar-refractivity contribution in [3.63, 3.8) is 0 Å². The van der Waals surface area contributed by atoms with Crippen molar-refractivity contribution in [1.82, 2.24) is 10.2 Å². The highest BCUT2D eigenvalue weighted by Crippen LogP contribution is 2.10. The molecular weight excluding hydrogens is 268 g/mol. The van der Waals surface area contributed by atoms with Gasteiger partial charge in [-0.2, -0.15) is 5.26 Å². The molecule has 0 spiro atoms. The van der Waals surface area contributed by atoms with Crippen LogP contribution in [0.25, 0.3) is 0 Å². The van der Waals surface area contributed by atoms with E-state index < -0.39 is 11.9 Å². The van der Waals surface area contributed by atoms with E-state index in [0.29, 0.717) is 17.7 Å². The van der Waals surface area contributed by atoms with Gasteiger partial charge < -0.3 is 11.1 Å². The van der Waals surface area contributed by atoms with Crippen molar-refractivity contribution >= 4 is 17.5 Å². The van der Waals surface area contributed by atoms with E-state index >= 15 is 0 Å². The second kappa shape index (κ2) is 7.29. The van der Waals surface area contributed by atoms with E-state index in [1.54, 1.807) is 30.5 Å². The molecule has 6 nitrogen and oxygen atoms in total. The van der Waals surface area contributed by atoms with E-state index in [4.69, 9.17) is 11.0 Å². The van der Waals surface area contributed by atoms with Crippen LogP contribution in [0.15, 0.2) is 24.3 Å². The number of nitrogens with two attached hydrogens (primary N) is 1. The molecule has 1 atom stereocenters. The molecule has 0 aliphatic carbocycles. The highest BCUT2D eigenvalue weighted by Gasteiger charge is 2.25. The summed E-state index contributed by atoms with van der Waals surface area (Å²) in [5.74, 6) is -0.576. The van der Waals surface area contributed by atoms with Crippen LogP contribution in [-0.4, -0.2) is 29.8 Å². The third-order valence-corrected chi connectivity index (χ3v) is 2.96. The SMILES string of the molecule is CC(C)CC(NC(=O)c1ccc(N)cc1)C(=O)N(C)C#N. The van der Waals surface area contributed by atoms with E-state index in [0.717, 1.165) is 4.90 Å². The van der Waals surface area contributed by atoms with Crippen molar-refractivity contribution in [2.24, 2.45) is 5.92 Å². The smallest absolute Gasteiger partial charge is 0.257 e. The summed E-state index contributed by atoms with van der Waals surface area (Å²) < 4.78 is 0. The zero-order valence-electron chi connectivity index (χ0n) is 12.5. The molecule has 3 N–H and O–H groups in total. The molecule has 112 valence electrons. The molecule has 0 fully saturated rings. The van der Waals surface area contributed by atoms with Crippen molar-refractivity contribution in [3.8, 4) is 6.19 Å². The van der Waals surface area contributed by atoms with Crippen LogP contribution in [0.1, 0.15) is 30.6 Å². The molecule has 1 rings (SSSR count). The van der Waals surface area contributed by atoms with Gasteiger partial charge in [-0.25, -0.2) is 0 Å². The minimum absolute atomic E-state index is 0.206. The zero-order chi connectivity index (χ0) is 16.0. The summed E-state index contributed by atoms with van der Waals surface area (Å²) in [5.41, 5.74) is 6.55. The first kappa shape index (κ1) is 16.5. The molecular formula is C15H20N4O2. The molecule has 0 aromatic heterocycles. The fraction of sp³-hybridized carbons (Fsp3) is 0.400. The van der Waals surface area contributed by atoms with Gasteiger partial charge in [-0.05, 0) is 36.6 Å². The third kappa shape index (κ3) is 4.80. The summed E-state index contributed by atoms with van der Waals surface area (Å²) in [4.78, 5) is 25.2. The minimum Gasteiger partial charge on any atom is -0.399 e. The summed E-state index contributed by atoms with van der Waals surface area (Å²) in [6.07, 6.45) is 2.22. The number of nitrogen functional groups attached to an aromatic ring is 1. The number of nitrogens with zero attached hydrogens (tertiary/aromatic N) is 2. The number of likely N-dealkylation sites (N-methyl/N-ethyl adjacent to an activating group) is 1. The normalized spacial score (nSPS) is 11.6. The fourth-order valence-electron chi connectivity index (χ4n) is 1.85. The van der Waals surface area contributed by atoms with Crippen LogP contribution in [0.2, 0.25) is 0 Å². The molecule has 1 aromatic rings. The van der Waals surface area contributed by atoms with Crippen LogP contribution in [-0.2, 0) is 4.79 Å². The minimum atomic E-state index is -0.722. The Balaban J connectivity index is 2.85. The number of anilines is 1. The maximum atomic E-state index is 12.2. The van der Waals surface area contributed by atoms with Gasteiger partial charge in [0, 0.05) is 18.3 Å². The van der Waals surface area contributed by atoms with Crippen LogP contribution >= 0.6 is 0 Å². The Kier molecular flexibility index (Phi) is 5.73. The van der Waals surface area contributed by atoms with Gasteiger partial charge in [-0.1, -0.05) is 13.8 Å². The summed E-state index contributed by atoms with van der Waals surface area (Å²) in [6.45, 7) is 3.89. The Labute approximate surface area is 124 Å². The van der Waals surface area contributed by atoms with Gasteiger partial charge in [0.1, 0.15) is 6.04 Å². The van der Waals surface area contributed by atoms with Crippen molar-refractivity contribution in [1.29, 1.82) is 5.26 Å². The van der Waals surface area contributed by atoms with E-state index in [-0.39, 0.29) is 11.8 Å². The van der Waals surface area contributed by atoms with Gasteiger partial charge >= 0.3 is 0 Å². The zero-order valence-corrected chi connectivity index (χ0v) is 12.5. The summed E-state index contributed by atoms with van der Waals surface area (Å²) in [6, 6.07) is 5.70. The summed E-state index contributed by atoms with van der Waals surface area (Å²) in [5, 5.41) is 11.5. The van der Waals surface area contributed by atoms with Crippen molar-refractivity contribution < 1.29 is 9.59 Å². The average molecular weight is 288 g/mol. The lowest BCUT2D eigenvalue weighted by molar-refractivity contribution is -0.129. The number of carbonyl (C=O) groups excluding carboxylic acids is 2. The molecule has 1 aromatic carbocycles. The number of hydrogen-bond donors (Lipinski definition) is 2. The number of rotatable bonds is 5. The highest BCUT2D eigenvalue weighted by molar-refractivity contribution is 5.97. The molecule has 21 heavy (non-hydrogen) atoms. The number of benzene rings is 1. The monoisotopic (exact) mass is 288 g/mol. The van der Waals surface area contributed by atoms with Crippen molar-refractivity contribution in [2.45, 2.75) is 26.3 Å². The molecule has 0 radical (unpaired) electrons. The predicted octanol–water partition coefficient (Wildman–Crippen LogP) is 1.35. The Morgan fingerprint density at radius 2 is 1.90 bits per heavy atom. The Hall–Kier alpha value is -2.55. The van der Waals surface area contributed by atoms with E-state index in [1.807, 2.05) is 13.8 Å². The van der Waals surface area contributed by atoms with E-state index in [2.05, 4.69) is 5.32 Å². The van der Waals surface area contributed by atoms with Gasteiger partial charge in [-0.3, -0.25) is 14.5 Å². The Morgan fingerprint density at radius 1 is 1.33 bits per heavy atom. The lowest BCUT2D eigenvalue weighted by Crippen LogP contribution is -2.46. The number of hydrogen-bond acceptors (Lipinski definition) is 4. The van der Waals surface area contributed by atoms with Crippen LogP contribution in [0.3, 0.4) is 0 Å². The van der Waals surface area contributed by atoms with Gasteiger partial charge in [0.2, 0.25) is 0 Å². The van der Waals surface area contributed by atoms with Crippen molar-refractivity contribution in [2.75, 3.05) is 12.8 Å². The van der Waals surface area contributed by atoms with Crippen LogP contribution in [0, 0.1) is 17.4 Å². The van der Waals surface area contributed by atoms with Crippen LogP contribution < -0.4 is 11.1 Å². The lowest BCUT2D eigenvalue weighted by atomic mass is 10.0. The van der Waals surface area contributed by atoms with Crippen molar-refractivity contribution in [3.05, 3.63) is 29.8 Å². The molecule has 1 unspecified atom stereocenters. The standard InChI is InChI=1S/C15H20N4O2/c1-10(2)8-13(15(21)19(3)9-16)18-14(20)11-4-6-12(17)7-5-11/h4-7,10,13H,8,17H2,1-3H3,(H,18,20). The largest absolute Gasteiger partial charge is 0.399 e. The predicted molar refractivity (Wildman–Crippen MR) is 79.9 cm³/mol. The number of nitriles is 1. The second-order valence-electron chi connectivity index (χ2n) is 5.27. The molecule has 0 aliphatic heterocycles. The van der Waals surface area contributed by atoms with Gasteiger partial charge in [0.15, 0.2) is 6.19 Å². The van der Waals surface area contributed by atoms with Gasteiger partial charge in [0.05, 0.1) is 0 Å². The highest BCUT2D eigenvalue weighted by atomic mass is 16.2. The fourth-order valence-corrected chi connectivity index (χ4v) is 1.85. The molecule has 0 heterocycles. The summed E-state index contributed by atoms with van der Waals surface area (Å²) >= 11 is 0. The van der Waals surface area contributed by atoms with E-state index in [9.17, 15) is 9.59 Å². The first-order chi connectivity index (χ1) is 9.85. The first-order valence-corrected chi connectivity index (χ1v) is 6.68. The molecule has 6 heteroatoms.